The fraction of sp³-hybridized carbons (Fsp3) is 0.524. The van der Waals surface area contributed by atoms with Crippen molar-refractivity contribution in [3.8, 4) is 11.5 Å². The van der Waals surface area contributed by atoms with Crippen LogP contribution in [-0.2, 0) is 4.79 Å². The Bertz CT molecular complexity index is 1100. The maximum absolute atomic E-state index is 11.8. The van der Waals surface area contributed by atoms with Crippen molar-refractivity contribution in [1.82, 2.24) is 24.9 Å². The highest BCUT2D eigenvalue weighted by molar-refractivity contribution is 5.86. The number of ether oxygens (including phenoxy) is 2. The Balaban J connectivity index is 1.43. The molecule has 4 rings (SSSR count). The van der Waals surface area contributed by atoms with Gasteiger partial charge in [0.1, 0.15) is 25.1 Å². The number of aryl methyl sites for hydroxylation is 1. The molecule has 10 heteroatoms. The van der Waals surface area contributed by atoms with E-state index in [1.54, 1.807) is 0 Å². The first-order chi connectivity index (χ1) is 15.0. The van der Waals surface area contributed by atoms with E-state index in [-0.39, 0.29) is 11.8 Å². The van der Waals surface area contributed by atoms with Gasteiger partial charge in [-0.15, -0.1) is 10.2 Å². The topological polar surface area (TPSA) is 123 Å². The van der Waals surface area contributed by atoms with Crippen LogP contribution < -0.4 is 20.1 Å². The molecule has 10 nitrogen and oxygen atoms in total. The van der Waals surface area contributed by atoms with Crippen LogP contribution in [-0.4, -0.2) is 63.0 Å². The number of hydrogen-bond donors (Lipinski definition) is 3. The van der Waals surface area contributed by atoms with Crippen molar-refractivity contribution in [2.75, 3.05) is 31.6 Å². The van der Waals surface area contributed by atoms with E-state index in [4.69, 9.17) is 14.5 Å². The minimum atomic E-state index is -0.968. The number of anilines is 1. The van der Waals surface area contributed by atoms with E-state index in [2.05, 4.69) is 20.8 Å². The SMILES string of the molecule is Cc1nnc2c(NCCCCNC(=O)[C@@H](O)C(C)C)nc3cc4c(cc3n12)OCCO4. The number of aliphatic hydroxyl groups excluding tert-OH is 1. The number of nitrogens with zero attached hydrogens (tertiary/aromatic N) is 4. The Labute approximate surface area is 180 Å². The molecule has 0 radical (unpaired) electrons. The molecule has 3 aromatic rings. The maximum atomic E-state index is 11.8. The number of benzene rings is 1. The molecule has 166 valence electrons. The van der Waals surface area contributed by atoms with Crippen LogP contribution in [0.2, 0.25) is 0 Å². The molecule has 0 fully saturated rings. The summed E-state index contributed by atoms with van der Waals surface area (Å²) in [6.07, 6.45) is 0.625. The highest BCUT2D eigenvalue weighted by atomic mass is 16.6. The zero-order chi connectivity index (χ0) is 22.0. The minimum Gasteiger partial charge on any atom is -0.486 e. The van der Waals surface area contributed by atoms with E-state index in [9.17, 15) is 9.90 Å². The summed E-state index contributed by atoms with van der Waals surface area (Å²) in [6, 6.07) is 3.79. The lowest BCUT2D eigenvalue weighted by molar-refractivity contribution is -0.131. The molecule has 0 spiro atoms. The van der Waals surface area contributed by atoms with Gasteiger partial charge in [-0.25, -0.2) is 4.98 Å². The summed E-state index contributed by atoms with van der Waals surface area (Å²) in [6.45, 7) is 7.73. The number of unbranched alkanes of at least 4 members (excludes halogenated alkanes) is 1. The number of hydrogen-bond acceptors (Lipinski definition) is 8. The van der Waals surface area contributed by atoms with Crippen molar-refractivity contribution in [3.05, 3.63) is 18.0 Å². The predicted molar refractivity (Wildman–Crippen MR) is 116 cm³/mol. The zero-order valence-electron chi connectivity index (χ0n) is 18.0. The normalized spacial score (nSPS) is 14.2. The Morgan fingerprint density at radius 3 is 2.61 bits per heavy atom. The summed E-state index contributed by atoms with van der Waals surface area (Å²) < 4.78 is 13.4. The van der Waals surface area contributed by atoms with Gasteiger partial charge < -0.3 is 25.2 Å². The van der Waals surface area contributed by atoms with Gasteiger partial charge in [-0.05, 0) is 25.7 Å². The molecule has 0 unspecified atom stereocenters. The molecule has 31 heavy (non-hydrogen) atoms. The van der Waals surface area contributed by atoms with Gasteiger partial charge in [-0.2, -0.15) is 0 Å². The predicted octanol–water partition coefficient (Wildman–Crippen LogP) is 1.68. The van der Waals surface area contributed by atoms with E-state index in [0.717, 1.165) is 29.7 Å². The average molecular weight is 428 g/mol. The van der Waals surface area contributed by atoms with Crippen molar-refractivity contribution in [2.45, 2.75) is 39.7 Å². The zero-order valence-corrected chi connectivity index (χ0v) is 18.0. The molecule has 0 saturated heterocycles. The molecule has 1 aliphatic heterocycles. The number of rotatable bonds is 8. The van der Waals surface area contributed by atoms with Gasteiger partial charge in [0.05, 0.1) is 11.0 Å². The lowest BCUT2D eigenvalue weighted by atomic mass is 10.1. The van der Waals surface area contributed by atoms with E-state index in [1.807, 2.05) is 37.3 Å². The van der Waals surface area contributed by atoms with Gasteiger partial charge in [-0.1, -0.05) is 13.8 Å². The lowest BCUT2D eigenvalue weighted by Gasteiger charge is -2.19. The molecule has 1 atom stereocenters. The highest BCUT2D eigenvalue weighted by Gasteiger charge is 2.19. The number of amides is 1. The van der Waals surface area contributed by atoms with Gasteiger partial charge in [0.15, 0.2) is 17.3 Å². The average Bonchev–Trinajstić information content (AvgIpc) is 3.16. The molecule has 1 amide bonds. The Hall–Kier alpha value is -3.14. The monoisotopic (exact) mass is 428 g/mol. The third-order valence-electron chi connectivity index (χ3n) is 5.24. The largest absolute Gasteiger partial charge is 0.486 e. The summed E-state index contributed by atoms with van der Waals surface area (Å²) in [5.41, 5.74) is 2.27. The summed E-state index contributed by atoms with van der Waals surface area (Å²) >= 11 is 0. The van der Waals surface area contributed by atoms with Crippen LogP contribution in [0.4, 0.5) is 5.82 Å². The second kappa shape index (κ2) is 8.93. The lowest BCUT2D eigenvalue weighted by Crippen LogP contribution is -2.38. The summed E-state index contributed by atoms with van der Waals surface area (Å²) in [7, 11) is 0. The van der Waals surface area contributed by atoms with Gasteiger partial charge in [0.25, 0.3) is 0 Å². The molecular formula is C21H28N6O4. The van der Waals surface area contributed by atoms with E-state index in [0.29, 0.717) is 49.3 Å². The summed E-state index contributed by atoms with van der Waals surface area (Å²) in [4.78, 5) is 16.5. The van der Waals surface area contributed by atoms with Crippen LogP contribution in [0.25, 0.3) is 16.7 Å². The molecule has 0 aliphatic carbocycles. The van der Waals surface area contributed by atoms with Crippen molar-refractivity contribution in [2.24, 2.45) is 5.92 Å². The maximum Gasteiger partial charge on any atom is 0.249 e. The molecular weight excluding hydrogens is 400 g/mol. The third kappa shape index (κ3) is 4.34. The molecule has 0 saturated carbocycles. The molecule has 3 heterocycles. The molecule has 1 aromatic carbocycles. The molecule has 2 aromatic heterocycles. The van der Waals surface area contributed by atoms with Gasteiger partial charge in [-0.3, -0.25) is 9.20 Å². The van der Waals surface area contributed by atoms with E-state index in [1.165, 1.54) is 0 Å². The second-order valence-corrected chi connectivity index (χ2v) is 7.96. The van der Waals surface area contributed by atoms with Gasteiger partial charge in [0.2, 0.25) is 11.6 Å². The minimum absolute atomic E-state index is 0.0998. The smallest absolute Gasteiger partial charge is 0.249 e. The van der Waals surface area contributed by atoms with Crippen molar-refractivity contribution in [3.63, 3.8) is 0 Å². The van der Waals surface area contributed by atoms with Crippen LogP contribution >= 0.6 is 0 Å². The standard InChI is InChI=1S/C21H28N6O4/c1-12(2)18(28)21(29)23-7-5-4-6-22-19-20-26-25-13(3)27(20)15-11-17-16(10-14(15)24-19)30-8-9-31-17/h10-12,18,28H,4-9H2,1-3H3,(H,22,24)(H,23,29)/t18-/m0/s1. The third-order valence-corrected chi connectivity index (χ3v) is 5.24. The number of aromatic nitrogens is 4. The summed E-state index contributed by atoms with van der Waals surface area (Å²) in [5, 5.41) is 24.3. The van der Waals surface area contributed by atoms with Crippen LogP contribution in [0.15, 0.2) is 12.1 Å². The number of carbonyl (C=O) groups excluding carboxylic acids is 1. The van der Waals surface area contributed by atoms with Gasteiger partial charge >= 0.3 is 0 Å². The van der Waals surface area contributed by atoms with E-state index >= 15 is 0 Å². The number of aliphatic hydroxyl groups is 1. The van der Waals surface area contributed by atoms with E-state index < -0.39 is 6.10 Å². The Kier molecular flexibility index (Phi) is 6.08. The van der Waals surface area contributed by atoms with Crippen molar-refractivity contribution >= 4 is 28.4 Å². The number of nitrogens with one attached hydrogen (secondary N) is 2. The Morgan fingerprint density at radius 1 is 1.16 bits per heavy atom. The highest BCUT2D eigenvalue weighted by Crippen LogP contribution is 2.35. The first-order valence-electron chi connectivity index (χ1n) is 10.6. The first kappa shape index (κ1) is 21.1. The first-order valence-corrected chi connectivity index (χ1v) is 10.6. The summed E-state index contributed by atoms with van der Waals surface area (Å²) in [5.74, 6) is 2.35. The van der Waals surface area contributed by atoms with Crippen molar-refractivity contribution in [1.29, 1.82) is 0 Å². The number of fused-ring (bicyclic) bond motifs is 4. The fourth-order valence-electron chi connectivity index (χ4n) is 3.50. The Morgan fingerprint density at radius 2 is 1.87 bits per heavy atom. The second-order valence-electron chi connectivity index (χ2n) is 7.96. The van der Waals surface area contributed by atoms with Gasteiger partial charge in [0, 0.05) is 25.2 Å². The van der Waals surface area contributed by atoms with Crippen LogP contribution in [0.5, 0.6) is 11.5 Å². The number of carbonyl (C=O) groups is 1. The van der Waals surface area contributed by atoms with Crippen molar-refractivity contribution < 1.29 is 19.4 Å². The van der Waals surface area contributed by atoms with Crippen LogP contribution in [0.3, 0.4) is 0 Å². The molecule has 0 bridgehead atoms. The molecule has 1 aliphatic rings. The van der Waals surface area contributed by atoms with Crippen LogP contribution in [0.1, 0.15) is 32.5 Å². The quantitative estimate of drug-likeness (QED) is 0.463. The molecule has 3 N–H and O–H groups in total. The fourth-order valence-corrected chi connectivity index (χ4v) is 3.50. The van der Waals surface area contributed by atoms with Crippen LogP contribution in [0, 0.1) is 12.8 Å².